The van der Waals surface area contributed by atoms with E-state index in [1.807, 2.05) is 19.1 Å². The number of amides is 1. The second-order valence-corrected chi connectivity index (χ2v) is 11.5. The van der Waals surface area contributed by atoms with Crippen LogP contribution in [0.4, 0.5) is 13.2 Å². The summed E-state index contributed by atoms with van der Waals surface area (Å²) in [7, 11) is 1.65. The van der Waals surface area contributed by atoms with Gasteiger partial charge in [0.1, 0.15) is 6.10 Å². The van der Waals surface area contributed by atoms with Crippen LogP contribution < -0.4 is 4.74 Å². The quantitative estimate of drug-likeness (QED) is 0.447. The number of likely N-dealkylation sites (tertiary alicyclic amines) is 1. The fourth-order valence-electron chi connectivity index (χ4n) is 7.94. The van der Waals surface area contributed by atoms with Crippen LogP contribution in [0.1, 0.15) is 42.0 Å². The lowest BCUT2D eigenvalue weighted by Crippen LogP contribution is -2.79. The van der Waals surface area contributed by atoms with E-state index in [0.29, 0.717) is 43.7 Å². The molecule has 2 aliphatic heterocycles. The molecule has 2 fully saturated rings. The topological polar surface area (TPSA) is 73.2 Å². The number of likely N-dealkylation sites (N-methyl/N-ethyl adjacent to an activating group) is 1. The van der Waals surface area contributed by atoms with Crippen molar-refractivity contribution in [3.05, 3.63) is 71.3 Å². The number of benzene rings is 2. The fourth-order valence-corrected chi connectivity index (χ4v) is 7.94. The van der Waals surface area contributed by atoms with Gasteiger partial charge < -0.3 is 19.8 Å². The largest absolute Gasteiger partial charge is 0.504 e. The first-order valence-electron chi connectivity index (χ1n) is 13.5. The minimum absolute atomic E-state index is 0.0133. The molecule has 2 aliphatic carbocycles. The first-order valence-corrected chi connectivity index (χ1v) is 13.5. The van der Waals surface area contributed by atoms with Gasteiger partial charge in [-0.1, -0.05) is 25.0 Å². The molecule has 40 heavy (non-hydrogen) atoms. The molecule has 0 aromatic heterocycles. The maximum Gasteiger partial charge on any atom is 0.416 e. The molecule has 6 nitrogen and oxygen atoms in total. The molecule has 2 heterocycles. The highest BCUT2D eigenvalue weighted by molar-refractivity contribution is 5.94. The number of phenols is 1. The predicted molar refractivity (Wildman–Crippen MR) is 142 cm³/mol. The third-order valence-electron chi connectivity index (χ3n) is 9.55. The molecule has 2 N–H and O–H groups in total. The number of carbonyl (C=O) groups is 1. The third kappa shape index (κ3) is 3.62. The Morgan fingerprint density at radius 3 is 2.67 bits per heavy atom. The second kappa shape index (κ2) is 9.02. The van der Waals surface area contributed by atoms with E-state index in [9.17, 15) is 28.2 Å². The van der Waals surface area contributed by atoms with E-state index in [0.717, 1.165) is 23.3 Å². The Kier molecular flexibility index (Phi) is 6.02. The molecule has 1 amide bonds. The molecule has 1 saturated carbocycles. The molecule has 2 bridgehead atoms. The molecule has 1 saturated heterocycles. The summed E-state index contributed by atoms with van der Waals surface area (Å²) in [5, 5.41) is 23.4. The number of aliphatic hydroxyl groups is 1. The van der Waals surface area contributed by atoms with E-state index in [4.69, 9.17) is 4.74 Å². The molecule has 0 unspecified atom stereocenters. The number of alkyl halides is 3. The Labute approximate surface area is 231 Å². The summed E-state index contributed by atoms with van der Waals surface area (Å²) < 4.78 is 45.2. The minimum atomic E-state index is -4.45. The van der Waals surface area contributed by atoms with Gasteiger partial charge in [0.25, 0.3) is 5.91 Å². The summed E-state index contributed by atoms with van der Waals surface area (Å²) in [4.78, 5) is 17.1. The zero-order valence-electron chi connectivity index (χ0n) is 22.3. The molecule has 0 radical (unpaired) electrons. The van der Waals surface area contributed by atoms with Crippen LogP contribution in [0.15, 0.2) is 49.1 Å². The summed E-state index contributed by atoms with van der Waals surface area (Å²) >= 11 is 0. The zero-order chi connectivity index (χ0) is 28.6. The Morgan fingerprint density at radius 2 is 2.00 bits per heavy atom. The number of aromatic hydroxyl groups is 1. The number of halogens is 3. The number of rotatable bonds is 3. The maximum atomic E-state index is 13.4. The smallest absolute Gasteiger partial charge is 0.416 e. The molecule has 1 spiro atoms. The molecule has 9 heteroatoms. The molecule has 210 valence electrons. The summed E-state index contributed by atoms with van der Waals surface area (Å²) in [6.07, 6.45) is -1.58. The molecule has 6 atom stereocenters. The number of carbonyl (C=O) groups excluding carboxylic acids is 1. The van der Waals surface area contributed by atoms with Crippen LogP contribution in [0.3, 0.4) is 0 Å². The van der Waals surface area contributed by atoms with E-state index >= 15 is 0 Å². The van der Waals surface area contributed by atoms with Crippen LogP contribution in [-0.4, -0.2) is 69.8 Å². The highest BCUT2D eigenvalue weighted by Gasteiger charge is 2.74. The van der Waals surface area contributed by atoms with Crippen molar-refractivity contribution in [3.8, 4) is 23.3 Å². The predicted octanol–water partition coefficient (Wildman–Crippen LogP) is 3.88. The molecular weight excluding hydrogens is 521 g/mol. The van der Waals surface area contributed by atoms with Crippen molar-refractivity contribution in [1.29, 1.82) is 0 Å². The lowest BCUT2D eigenvalue weighted by molar-refractivity contribution is -0.210. The summed E-state index contributed by atoms with van der Waals surface area (Å²) in [5.74, 6) is 4.99. The van der Waals surface area contributed by atoms with Gasteiger partial charge in [0.15, 0.2) is 11.5 Å². The standard InChI is InChI=1S/C31H31F3N2O4/c1-4-14-36-15-13-29-25-20-8-11-22(37)27(25)40-28(29)26(18(2)17-30(29,39)23(36)16-20)35(3)24(38)12-7-19-5-9-21(10-6-19)31(32,33)34/h4-6,8-11,18,23,26,28,37,39H,1,13-17H2,2-3H3/t18-,23+,26-,28-,29-,30+/m0/s1. The lowest BCUT2D eigenvalue weighted by atomic mass is 9.46. The average molecular weight is 553 g/mol. The third-order valence-corrected chi connectivity index (χ3v) is 9.55. The monoisotopic (exact) mass is 552 g/mol. The van der Waals surface area contributed by atoms with Crippen LogP contribution in [0.5, 0.6) is 11.5 Å². The Morgan fingerprint density at radius 1 is 1.27 bits per heavy atom. The van der Waals surface area contributed by atoms with E-state index in [-0.39, 0.29) is 17.7 Å². The number of nitrogens with zero attached hydrogens (tertiary/aromatic N) is 2. The van der Waals surface area contributed by atoms with Crippen LogP contribution in [0.2, 0.25) is 0 Å². The van der Waals surface area contributed by atoms with Crippen molar-refractivity contribution in [2.24, 2.45) is 5.92 Å². The van der Waals surface area contributed by atoms with Crippen LogP contribution in [0.25, 0.3) is 0 Å². The number of hydrogen-bond acceptors (Lipinski definition) is 5. The van der Waals surface area contributed by atoms with Gasteiger partial charge in [-0.25, -0.2) is 0 Å². The van der Waals surface area contributed by atoms with Crippen molar-refractivity contribution >= 4 is 5.91 Å². The van der Waals surface area contributed by atoms with Crippen molar-refractivity contribution in [3.63, 3.8) is 0 Å². The highest BCUT2D eigenvalue weighted by Crippen LogP contribution is 2.66. The zero-order valence-corrected chi connectivity index (χ0v) is 22.3. The summed E-state index contributed by atoms with van der Waals surface area (Å²) in [5.41, 5.74) is -0.565. The van der Waals surface area contributed by atoms with Crippen LogP contribution in [-0.2, 0) is 22.8 Å². The Balaban J connectivity index is 1.36. The van der Waals surface area contributed by atoms with Gasteiger partial charge in [-0.15, -0.1) is 6.58 Å². The SMILES string of the molecule is C=CCN1CC[C@]23c4c5ccc(O)c4O[C@H]2[C@@H](N(C)C(=O)C#Cc2ccc(C(F)(F)F)cc2)[C@@H](C)C[C@@]3(O)[C@H]1C5. The lowest BCUT2D eigenvalue weighted by Gasteiger charge is -2.65. The van der Waals surface area contributed by atoms with Crippen molar-refractivity contribution in [2.75, 3.05) is 20.1 Å². The van der Waals surface area contributed by atoms with E-state index in [1.54, 1.807) is 13.1 Å². The number of hydrogen-bond donors (Lipinski definition) is 2. The average Bonchev–Trinajstić information content (AvgIpc) is 3.24. The molecule has 2 aromatic rings. The van der Waals surface area contributed by atoms with Gasteiger partial charge in [-0.05, 0) is 67.6 Å². The van der Waals surface area contributed by atoms with Gasteiger partial charge in [0.2, 0.25) is 0 Å². The Hall–Kier alpha value is -3.48. The fraction of sp³-hybridized carbons (Fsp3) is 0.452. The summed E-state index contributed by atoms with van der Waals surface area (Å²) in [6, 6.07) is 7.26. The maximum absolute atomic E-state index is 13.4. The normalized spacial score (nSPS) is 31.9. The number of phenolic OH excluding ortho intramolecular Hbond substituents is 1. The number of ether oxygens (including phenoxy) is 1. The van der Waals surface area contributed by atoms with Crippen LogP contribution >= 0.6 is 0 Å². The minimum Gasteiger partial charge on any atom is -0.504 e. The molecule has 4 aliphatic rings. The highest BCUT2D eigenvalue weighted by atomic mass is 19.4. The van der Waals surface area contributed by atoms with Crippen molar-refractivity contribution in [1.82, 2.24) is 9.80 Å². The van der Waals surface area contributed by atoms with E-state index < -0.39 is 40.8 Å². The van der Waals surface area contributed by atoms with Gasteiger partial charge in [0.05, 0.1) is 22.6 Å². The van der Waals surface area contributed by atoms with E-state index in [2.05, 4.69) is 23.3 Å². The number of piperidine rings is 1. The Bertz CT molecular complexity index is 1450. The molecule has 6 rings (SSSR count). The molecular formula is C31H31F3N2O4. The van der Waals surface area contributed by atoms with Gasteiger partial charge in [0, 0.05) is 36.7 Å². The van der Waals surface area contributed by atoms with Crippen LogP contribution in [0, 0.1) is 17.8 Å². The van der Waals surface area contributed by atoms with E-state index in [1.165, 1.54) is 17.0 Å². The van der Waals surface area contributed by atoms with Gasteiger partial charge in [-0.3, -0.25) is 9.69 Å². The van der Waals surface area contributed by atoms with Crippen molar-refractivity contribution < 1.29 is 32.9 Å². The molecule has 2 aromatic carbocycles. The second-order valence-electron chi connectivity index (χ2n) is 11.5. The summed E-state index contributed by atoms with van der Waals surface area (Å²) in [6.45, 7) is 7.24. The van der Waals surface area contributed by atoms with Gasteiger partial charge in [-0.2, -0.15) is 13.2 Å². The first kappa shape index (κ1) is 26.7. The van der Waals surface area contributed by atoms with Gasteiger partial charge >= 0.3 is 6.18 Å². The van der Waals surface area contributed by atoms with Crippen molar-refractivity contribution in [2.45, 2.75) is 61.6 Å². The first-order chi connectivity index (χ1) is 18.9.